The van der Waals surface area contributed by atoms with E-state index < -0.39 is 18.1 Å². The molecule has 0 fully saturated rings. The van der Waals surface area contributed by atoms with E-state index >= 15 is 0 Å². The molecule has 0 aliphatic rings. The Bertz CT molecular complexity index is 287. The third kappa shape index (κ3) is 15.7. The molecule has 166 valence electrons. The molecule has 27 heavy (non-hydrogen) atoms. The monoisotopic (exact) mass is 427 g/mol. The highest BCUT2D eigenvalue weighted by atomic mass is 28.4. The van der Waals surface area contributed by atoms with Crippen molar-refractivity contribution in [2.75, 3.05) is 53.7 Å². The van der Waals surface area contributed by atoms with Crippen molar-refractivity contribution >= 4 is 18.1 Å². The van der Waals surface area contributed by atoms with Crippen LogP contribution in [0.25, 0.3) is 0 Å². The summed E-state index contributed by atoms with van der Waals surface area (Å²) in [4.78, 5) is 0. The zero-order chi connectivity index (χ0) is 21.0. The molecule has 8 nitrogen and oxygen atoms in total. The van der Waals surface area contributed by atoms with Crippen molar-refractivity contribution in [3.05, 3.63) is 0 Å². The van der Waals surface area contributed by atoms with E-state index in [0.29, 0.717) is 26.4 Å². The molecule has 0 bridgehead atoms. The Morgan fingerprint density at radius 2 is 1.44 bits per heavy atom. The van der Waals surface area contributed by atoms with Crippen LogP contribution in [0.2, 0.25) is 6.04 Å². The molecule has 0 aliphatic heterocycles. The van der Waals surface area contributed by atoms with Crippen LogP contribution in [-0.4, -0.2) is 77.4 Å². The fourth-order valence-corrected chi connectivity index (χ4v) is 6.68. The van der Waals surface area contributed by atoms with E-state index in [4.69, 9.17) is 33.6 Å². The largest absolute Gasteiger partial charge is 0.500 e. The number of hydrogen-bond donors (Lipinski definition) is 3. The van der Waals surface area contributed by atoms with Gasteiger partial charge in [-0.15, -0.1) is 0 Å². The van der Waals surface area contributed by atoms with E-state index in [-0.39, 0.29) is 5.67 Å². The van der Waals surface area contributed by atoms with Crippen molar-refractivity contribution in [3.63, 3.8) is 0 Å². The van der Waals surface area contributed by atoms with Crippen LogP contribution >= 0.6 is 0 Å². The van der Waals surface area contributed by atoms with Gasteiger partial charge in [0, 0.05) is 58.8 Å². The SMILES string of the molecule is CCCC(N)[SiH](OC)OC.CCO[Si](CCCNCCN)(OCC)OCC. The van der Waals surface area contributed by atoms with E-state index in [0.717, 1.165) is 38.4 Å². The molecular weight excluding hydrogens is 382 g/mol. The highest BCUT2D eigenvalue weighted by Crippen LogP contribution is 2.17. The van der Waals surface area contributed by atoms with Gasteiger partial charge in [-0.1, -0.05) is 13.3 Å². The van der Waals surface area contributed by atoms with Crippen molar-refractivity contribution in [1.29, 1.82) is 0 Å². The zero-order valence-electron chi connectivity index (χ0n) is 18.4. The summed E-state index contributed by atoms with van der Waals surface area (Å²) in [5.41, 5.74) is 11.3. The molecule has 0 amide bonds. The minimum absolute atomic E-state index is 0.139. The maximum Gasteiger partial charge on any atom is 0.500 e. The maximum atomic E-state index is 5.76. The van der Waals surface area contributed by atoms with Gasteiger partial charge in [-0.05, 0) is 40.2 Å². The number of nitrogens with two attached hydrogens (primary N) is 2. The smallest absolute Gasteiger partial charge is 0.399 e. The first-order valence-corrected chi connectivity index (χ1v) is 13.7. The molecule has 0 spiro atoms. The molecule has 0 aliphatic carbocycles. The second-order valence-electron chi connectivity index (χ2n) is 5.92. The molecule has 10 heteroatoms. The van der Waals surface area contributed by atoms with Gasteiger partial charge in [0.05, 0.1) is 0 Å². The zero-order valence-corrected chi connectivity index (χ0v) is 20.6. The molecule has 0 heterocycles. The first-order chi connectivity index (χ1) is 13.0. The van der Waals surface area contributed by atoms with Crippen LogP contribution < -0.4 is 16.8 Å². The topological polar surface area (TPSA) is 110 Å². The molecule has 0 aromatic heterocycles. The van der Waals surface area contributed by atoms with E-state index in [1.54, 1.807) is 14.2 Å². The second kappa shape index (κ2) is 20.8. The lowest BCUT2D eigenvalue weighted by Crippen LogP contribution is -2.46. The summed E-state index contributed by atoms with van der Waals surface area (Å²) in [5.74, 6) is 0. The quantitative estimate of drug-likeness (QED) is 0.234. The van der Waals surface area contributed by atoms with Crippen LogP contribution in [0.1, 0.15) is 47.0 Å². The van der Waals surface area contributed by atoms with Gasteiger partial charge in [-0.2, -0.15) is 0 Å². The Kier molecular flexibility index (Phi) is 22.6. The maximum absolute atomic E-state index is 5.76. The van der Waals surface area contributed by atoms with Crippen molar-refractivity contribution < 1.29 is 22.1 Å². The number of hydrogen-bond acceptors (Lipinski definition) is 8. The predicted molar refractivity (Wildman–Crippen MR) is 116 cm³/mol. The molecule has 1 unspecified atom stereocenters. The van der Waals surface area contributed by atoms with Gasteiger partial charge < -0.3 is 38.9 Å². The Labute approximate surface area is 169 Å². The summed E-state index contributed by atoms with van der Waals surface area (Å²) in [5, 5.41) is 3.26. The van der Waals surface area contributed by atoms with Gasteiger partial charge >= 0.3 is 18.1 Å². The Morgan fingerprint density at radius 1 is 0.926 bits per heavy atom. The molecule has 0 saturated carbocycles. The average Bonchev–Trinajstić information content (AvgIpc) is 2.64. The lowest BCUT2D eigenvalue weighted by atomic mass is 10.3. The Morgan fingerprint density at radius 3 is 1.81 bits per heavy atom. The van der Waals surface area contributed by atoms with E-state index in [2.05, 4.69) is 12.2 Å². The summed E-state index contributed by atoms with van der Waals surface area (Å²) in [6.07, 6.45) is 3.09. The molecule has 0 saturated heterocycles. The van der Waals surface area contributed by atoms with Crippen molar-refractivity contribution in [2.45, 2.75) is 58.7 Å². The second-order valence-corrected chi connectivity index (χ2v) is 11.2. The van der Waals surface area contributed by atoms with Gasteiger partial charge in [0.15, 0.2) is 0 Å². The minimum Gasteiger partial charge on any atom is -0.399 e. The minimum atomic E-state index is -2.43. The van der Waals surface area contributed by atoms with Gasteiger partial charge in [-0.3, -0.25) is 0 Å². The van der Waals surface area contributed by atoms with Gasteiger partial charge in [0.1, 0.15) is 0 Å². The van der Waals surface area contributed by atoms with Crippen molar-refractivity contribution in [2.24, 2.45) is 11.5 Å². The number of rotatable bonds is 17. The van der Waals surface area contributed by atoms with Gasteiger partial charge in [0.25, 0.3) is 0 Å². The third-order valence-corrected chi connectivity index (χ3v) is 8.80. The Balaban J connectivity index is 0. The van der Waals surface area contributed by atoms with E-state index in [1.807, 2.05) is 20.8 Å². The van der Waals surface area contributed by atoms with Crippen LogP contribution in [0, 0.1) is 0 Å². The molecule has 1 atom stereocenters. The van der Waals surface area contributed by atoms with E-state index in [9.17, 15) is 0 Å². The molecular formula is C17H45N3O5Si2. The number of nitrogens with one attached hydrogen (secondary N) is 1. The van der Waals surface area contributed by atoms with Crippen LogP contribution in [-0.2, 0) is 22.1 Å². The fraction of sp³-hybridized carbons (Fsp3) is 1.00. The molecule has 0 rings (SSSR count). The van der Waals surface area contributed by atoms with Crippen LogP contribution in [0.3, 0.4) is 0 Å². The molecule has 0 aromatic rings. The molecule has 5 N–H and O–H groups in total. The summed E-state index contributed by atoms with van der Waals surface area (Å²) in [7, 11) is -0.628. The highest BCUT2D eigenvalue weighted by molar-refractivity contribution is 6.60. The van der Waals surface area contributed by atoms with Crippen LogP contribution in [0.15, 0.2) is 0 Å². The summed E-state index contributed by atoms with van der Waals surface area (Å²) in [6, 6.07) is 0.861. The summed E-state index contributed by atoms with van der Waals surface area (Å²) in [6.45, 7) is 12.4. The van der Waals surface area contributed by atoms with Crippen LogP contribution in [0.5, 0.6) is 0 Å². The fourth-order valence-electron chi connectivity index (χ4n) is 2.57. The third-order valence-electron chi connectivity index (χ3n) is 3.69. The van der Waals surface area contributed by atoms with Gasteiger partial charge in [0.2, 0.25) is 0 Å². The molecule has 0 aromatic carbocycles. The van der Waals surface area contributed by atoms with Crippen LogP contribution in [0.4, 0.5) is 0 Å². The standard InChI is InChI=1S/C11H28N2O3Si.C6H17NO2Si/c1-4-14-17(15-5-2,16-6-3)11-7-9-13-10-8-12;1-4-5-6(7)10(8-2)9-3/h13H,4-12H2,1-3H3;6,10H,4-5,7H2,1-3H3. The lowest BCUT2D eigenvalue weighted by Gasteiger charge is -2.28. The predicted octanol–water partition coefficient (Wildman–Crippen LogP) is 1.14. The Hall–Kier alpha value is 0.114. The van der Waals surface area contributed by atoms with Crippen molar-refractivity contribution in [3.8, 4) is 0 Å². The van der Waals surface area contributed by atoms with Crippen molar-refractivity contribution in [1.82, 2.24) is 5.32 Å². The highest BCUT2D eigenvalue weighted by Gasteiger charge is 2.39. The first kappa shape index (κ1) is 29.3. The lowest BCUT2D eigenvalue weighted by molar-refractivity contribution is 0.0708. The molecule has 0 radical (unpaired) electrons. The first-order valence-electron chi connectivity index (χ1n) is 10.1. The van der Waals surface area contributed by atoms with E-state index in [1.165, 1.54) is 0 Å². The summed E-state index contributed by atoms with van der Waals surface area (Å²) < 4.78 is 27.5. The van der Waals surface area contributed by atoms with Gasteiger partial charge in [-0.25, -0.2) is 0 Å². The normalized spacial score (nSPS) is 12.8. The summed E-state index contributed by atoms with van der Waals surface area (Å²) >= 11 is 0. The average molecular weight is 428 g/mol.